The third-order valence-corrected chi connectivity index (χ3v) is 6.45. The molecule has 0 N–H and O–H groups in total. The van der Waals surface area contributed by atoms with Gasteiger partial charge in [-0.05, 0) is 63.3 Å². The van der Waals surface area contributed by atoms with E-state index in [1.54, 1.807) is 0 Å². The largest absolute Gasteiger partial charge is 0.661 e. The van der Waals surface area contributed by atoms with Crippen LogP contribution in [0.3, 0.4) is 0 Å². The summed E-state index contributed by atoms with van der Waals surface area (Å²) in [5, 5.41) is 4.84. The van der Waals surface area contributed by atoms with E-state index < -0.39 is 0 Å². The van der Waals surface area contributed by atoms with Crippen LogP contribution in [-0.4, -0.2) is 17.3 Å². The minimum Gasteiger partial charge on any atom is -0.661 e. The molecule has 2 aliphatic heterocycles. The van der Waals surface area contributed by atoms with Crippen molar-refractivity contribution in [2.45, 2.75) is 53.9 Å². The Bertz CT molecular complexity index is 1150. The minimum absolute atomic E-state index is 0. The molecule has 0 saturated heterocycles. The van der Waals surface area contributed by atoms with Crippen molar-refractivity contribution < 1.29 is 24.1 Å². The summed E-state index contributed by atoms with van der Waals surface area (Å²) in [4.78, 5) is 0. The summed E-state index contributed by atoms with van der Waals surface area (Å²) in [5.41, 5.74) is 14.5. The standard InChI is InChI=1S/C28H32N2.Rh/c1-7-22(16-26-17-24-13-19(3)9-11-28(24)30(26)6)21(5)20(4)14-25-15-23-12-18(2)8-10-27(23)29-25;/h8-14,16H,7,15,17H2,1-6H3;. The van der Waals surface area contributed by atoms with Gasteiger partial charge in [0.1, 0.15) is 7.05 Å². The zero-order chi connectivity index (χ0) is 21.4. The number of allylic oxidation sites excluding steroid dienone is 6. The maximum Gasteiger partial charge on any atom is 0.208 e. The van der Waals surface area contributed by atoms with Gasteiger partial charge in [0.25, 0.3) is 0 Å². The third kappa shape index (κ3) is 4.83. The van der Waals surface area contributed by atoms with Crippen LogP contribution in [0, 0.1) is 13.8 Å². The topological polar surface area (TPSA) is 17.1 Å². The maximum absolute atomic E-state index is 4.84. The number of nitrogens with zero attached hydrogens (tertiary/aromatic N) is 2. The normalized spacial score (nSPS) is 17.2. The van der Waals surface area contributed by atoms with Crippen LogP contribution < -0.4 is 0 Å². The third-order valence-electron chi connectivity index (χ3n) is 6.45. The fourth-order valence-corrected chi connectivity index (χ4v) is 4.53. The van der Waals surface area contributed by atoms with Crippen molar-refractivity contribution >= 4 is 17.1 Å². The van der Waals surface area contributed by atoms with Gasteiger partial charge in [0.05, 0.1) is 6.42 Å². The van der Waals surface area contributed by atoms with Crippen LogP contribution in [-0.2, 0) is 32.3 Å². The molecule has 0 unspecified atom stereocenters. The SMILES string of the molecule is CCC(=C\C1=[N+](C)c2ccc(C)cc2C1)/C(C)=C(C)/C=C1/Cc2cc(C)ccc2[N-]1.[Rh]. The van der Waals surface area contributed by atoms with E-state index in [1.807, 2.05) is 0 Å². The Hall–Kier alpha value is -2.25. The average Bonchev–Trinajstić information content (AvgIpc) is 3.24. The van der Waals surface area contributed by atoms with Crippen LogP contribution in [0.15, 0.2) is 71.0 Å². The molecule has 0 aliphatic carbocycles. The van der Waals surface area contributed by atoms with Gasteiger partial charge in [-0.25, -0.2) is 0 Å². The first kappa shape index (κ1) is 23.4. The molecule has 2 aromatic carbocycles. The molecule has 3 heteroatoms. The van der Waals surface area contributed by atoms with E-state index in [9.17, 15) is 0 Å². The first-order valence-electron chi connectivity index (χ1n) is 10.9. The van der Waals surface area contributed by atoms with Gasteiger partial charge in [0.15, 0.2) is 5.71 Å². The van der Waals surface area contributed by atoms with Gasteiger partial charge in [0.2, 0.25) is 5.69 Å². The van der Waals surface area contributed by atoms with Crippen molar-refractivity contribution in [3.8, 4) is 0 Å². The van der Waals surface area contributed by atoms with Crippen LogP contribution in [0.25, 0.3) is 5.32 Å². The quantitative estimate of drug-likeness (QED) is 0.237. The van der Waals surface area contributed by atoms with E-state index in [1.165, 1.54) is 50.4 Å². The van der Waals surface area contributed by atoms with E-state index in [0.29, 0.717) is 0 Å². The zero-order valence-corrected chi connectivity index (χ0v) is 21.1. The Morgan fingerprint density at radius 2 is 1.68 bits per heavy atom. The second-order valence-electron chi connectivity index (χ2n) is 8.75. The Morgan fingerprint density at radius 1 is 1.00 bits per heavy atom. The van der Waals surface area contributed by atoms with Crippen LogP contribution >= 0.6 is 0 Å². The van der Waals surface area contributed by atoms with Crippen LogP contribution in [0.5, 0.6) is 0 Å². The van der Waals surface area contributed by atoms with E-state index in [2.05, 4.69) is 94.8 Å². The molecule has 0 amide bonds. The molecule has 2 heterocycles. The Kier molecular flexibility index (Phi) is 7.17. The molecule has 0 saturated carbocycles. The van der Waals surface area contributed by atoms with Crippen molar-refractivity contribution in [3.63, 3.8) is 0 Å². The van der Waals surface area contributed by atoms with Crippen LogP contribution in [0.4, 0.5) is 11.4 Å². The predicted octanol–water partition coefficient (Wildman–Crippen LogP) is 7.39. The van der Waals surface area contributed by atoms with E-state index >= 15 is 0 Å². The van der Waals surface area contributed by atoms with Gasteiger partial charge in [-0.1, -0.05) is 54.0 Å². The molecule has 163 valence electrons. The molecule has 0 aromatic heterocycles. The molecule has 4 rings (SSSR count). The molecule has 0 spiro atoms. The van der Waals surface area contributed by atoms with Crippen LogP contribution in [0.1, 0.15) is 49.4 Å². The minimum atomic E-state index is 0. The fraction of sp³-hybridized carbons (Fsp3) is 0.321. The van der Waals surface area contributed by atoms with Gasteiger partial charge in [0, 0.05) is 37.2 Å². The Labute approximate surface area is 200 Å². The van der Waals surface area contributed by atoms with Gasteiger partial charge < -0.3 is 5.32 Å². The van der Waals surface area contributed by atoms with Crippen molar-refractivity contribution in [2.24, 2.45) is 0 Å². The van der Waals surface area contributed by atoms with Crippen LogP contribution in [0.2, 0.25) is 0 Å². The first-order valence-corrected chi connectivity index (χ1v) is 10.9. The smallest absolute Gasteiger partial charge is 0.208 e. The van der Waals surface area contributed by atoms with Crippen molar-refractivity contribution in [2.75, 3.05) is 7.05 Å². The molecule has 0 bridgehead atoms. The second kappa shape index (κ2) is 9.49. The van der Waals surface area contributed by atoms with E-state index in [4.69, 9.17) is 5.32 Å². The summed E-state index contributed by atoms with van der Waals surface area (Å²) in [7, 11) is 2.19. The number of fused-ring (bicyclic) bond motifs is 2. The molecule has 2 nitrogen and oxygen atoms in total. The molecule has 1 radical (unpaired) electrons. The zero-order valence-electron chi connectivity index (χ0n) is 19.5. The summed E-state index contributed by atoms with van der Waals surface area (Å²) >= 11 is 0. The molecular weight excluding hydrogens is 467 g/mol. The average molecular weight is 499 g/mol. The van der Waals surface area contributed by atoms with Gasteiger partial charge in [-0.3, -0.25) is 0 Å². The molecule has 31 heavy (non-hydrogen) atoms. The van der Waals surface area contributed by atoms with Gasteiger partial charge in [-0.15, -0.1) is 5.69 Å². The number of benzene rings is 2. The Balaban J connectivity index is 0.00000272. The van der Waals surface area contributed by atoms with Gasteiger partial charge in [-0.2, -0.15) is 10.3 Å². The molecule has 2 aromatic rings. The Morgan fingerprint density at radius 3 is 2.39 bits per heavy atom. The predicted molar refractivity (Wildman–Crippen MR) is 128 cm³/mol. The van der Waals surface area contributed by atoms with Crippen molar-refractivity contribution in [1.82, 2.24) is 0 Å². The summed E-state index contributed by atoms with van der Waals surface area (Å²) in [6.45, 7) is 11.0. The number of hydrogen-bond acceptors (Lipinski definition) is 0. The number of aryl methyl sites for hydroxylation is 2. The van der Waals surface area contributed by atoms with Crippen molar-refractivity contribution in [3.05, 3.63) is 98.5 Å². The monoisotopic (exact) mass is 499 g/mol. The molecule has 0 atom stereocenters. The summed E-state index contributed by atoms with van der Waals surface area (Å²) < 4.78 is 2.34. The summed E-state index contributed by atoms with van der Waals surface area (Å²) in [6.07, 6.45) is 7.64. The first-order chi connectivity index (χ1) is 14.4. The molecule has 2 aliphatic rings. The maximum atomic E-state index is 4.84. The van der Waals surface area contributed by atoms with Crippen molar-refractivity contribution in [1.29, 1.82) is 0 Å². The summed E-state index contributed by atoms with van der Waals surface area (Å²) in [5.74, 6) is 0. The van der Waals surface area contributed by atoms with E-state index in [-0.39, 0.29) is 19.5 Å². The fourth-order valence-electron chi connectivity index (χ4n) is 4.53. The molecular formula is C28H32N2Rh. The number of hydrogen-bond donors (Lipinski definition) is 0. The second-order valence-corrected chi connectivity index (χ2v) is 8.75. The number of rotatable bonds is 4. The van der Waals surface area contributed by atoms with Gasteiger partial charge >= 0.3 is 0 Å². The summed E-state index contributed by atoms with van der Waals surface area (Å²) in [6, 6.07) is 13.3. The molecule has 0 fully saturated rings. The van der Waals surface area contributed by atoms with E-state index in [0.717, 1.165) is 30.6 Å².